The minimum Gasteiger partial charge on any atom is -0.487 e. The summed E-state index contributed by atoms with van der Waals surface area (Å²) in [4.78, 5) is 0. The lowest BCUT2D eigenvalue weighted by Crippen LogP contribution is -2.24. The molecule has 1 atom stereocenters. The Morgan fingerprint density at radius 2 is 2.00 bits per heavy atom. The predicted octanol–water partition coefficient (Wildman–Crippen LogP) is 4.38. The van der Waals surface area contributed by atoms with Gasteiger partial charge in [0.15, 0.2) is 0 Å². The topological polar surface area (TPSA) is 29.5 Å². The molecule has 2 aromatic carbocycles. The van der Waals surface area contributed by atoms with E-state index in [1.54, 1.807) is 6.07 Å². The van der Waals surface area contributed by atoms with Gasteiger partial charge in [0, 0.05) is 16.5 Å². The molecule has 2 aromatic rings. The smallest absolute Gasteiger partial charge is 0.123 e. The highest BCUT2D eigenvalue weighted by molar-refractivity contribution is 9.10. The Hall–Kier alpha value is -1.39. The van der Waals surface area contributed by atoms with Crippen LogP contribution in [0.5, 0.6) is 5.75 Å². The van der Waals surface area contributed by atoms with Crippen LogP contribution in [0.3, 0.4) is 0 Å². The normalized spacial score (nSPS) is 17.2. The van der Waals surface area contributed by atoms with Crippen molar-refractivity contribution in [3.63, 3.8) is 0 Å². The summed E-state index contributed by atoms with van der Waals surface area (Å²) in [6.45, 7) is 4.07. The van der Waals surface area contributed by atoms with E-state index in [1.807, 2.05) is 32.0 Å². The Balaban J connectivity index is 1.97. The fourth-order valence-electron chi connectivity index (χ4n) is 2.70. The highest BCUT2D eigenvalue weighted by atomic mass is 79.9. The summed E-state index contributed by atoms with van der Waals surface area (Å²) >= 11 is 3.36. The molecule has 0 aliphatic carbocycles. The van der Waals surface area contributed by atoms with Crippen LogP contribution >= 0.6 is 15.9 Å². The molecule has 0 spiro atoms. The van der Waals surface area contributed by atoms with Crippen LogP contribution < -0.4 is 4.74 Å². The van der Waals surface area contributed by atoms with Gasteiger partial charge in [0.1, 0.15) is 23.3 Å². The van der Waals surface area contributed by atoms with Crippen molar-refractivity contribution in [1.82, 2.24) is 0 Å². The van der Waals surface area contributed by atoms with Crippen molar-refractivity contribution in [3.8, 4) is 5.75 Å². The Kier molecular flexibility index (Phi) is 3.54. The standard InChI is InChI=1S/C17H16BrFO2/c1-17(2)9-11-7-10(3-6-15(11)21-17)16(20)13-8-12(19)4-5-14(13)18/h3-8,16,20H,9H2,1-2H3. The van der Waals surface area contributed by atoms with Gasteiger partial charge in [0.05, 0.1) is 0 Å². The highest BCUT2D eigenvalue weighted by Crippen LogP contribution is 2.38. The molecule has 0 saturated heterocycles. The van der Waals surface area contributed by atoms with Crippen molar-refractivity contribution < 1.29 is 14.2 Å². The number of hydrogen-bond acceptors (Lipinski definition) is 2. The van der Waals surface area contributed by atoms with E-state index in [0.717, 1.165) is 23.3 Å². The summed E-state index contributed by atoms with van der Waals surface area (Å²) in [5.41, 5.74) is 2.12. The third-order valence-corrected chi connectivity index (χ3v) is 4.38. The van der Waals surface area contributed by atoms with E-state index in [1.165, 1.54) is 12.1 Å². The van der Waals surface area contributed by atoms with Gasteiger partial charge in [0.2, 0.25) is 0 Å². The van der Waals surface area contributed by atoms with Gasteiger partial charge >= 0.3 is 0 Å². The van der Waals surface area contributed by atoms with Crippen LogP contribution in [0.2, 0.25) is 0 Å². The number of fused-ring (bicyclic) bond motifs is 1. The first-order valence-corrected chi connectivity index (χ1v) is 7.60. The van der Waals surface area contributed by atoms with Crippen LogP contribution in [0.25, 0.3) is 0 Å². The van der Waals surface area contributed by atoms with Crippen molar-refractivity contribution in [1.29, 1.82) is 0 Å². The van der Waals surface area contributed by atoms with Gasteiger partial charge in [-0.2, -0.15) is 0 Å². The van der Waals surface area contributed by atoms with Crippen LogP contribution in [0.4, 0.5) is 4.39 Å². The maximum Gasteiger partial charge on any atom is 0.123 e. The molecule has 1 N–H and O–H groups in total. The average molecular weight is 351 g/mol. The molecule has 0 radical (unpaired) electrons. The quantitative estimate of drug-likeness (QED) is 0.870. The molecular formula is C17H16BrFO2. The molecule has 110 valence electrons. The van der Waals surface area contributed by atoms with Crippen molar-refractivity contribution in [2.24, 2.45) is 0 Å². The molecule has 0 fully saturated rings. The molecule has 1 aliphatic rings. The summed E-state index contributed by atoms with van der Waals surface area (Å²) in [5, 5.41) is 10.5. The minimum atomic E-state index is -0.871. The first-order chi connectivity index (χ1) is 9.85. The zero-order chi connectivity index (χ0) is 15.2. The minimum absolute atomic E-state index is 0.217. The molecule has 1 unspecified atom stereocenters. The third kappa shape index (κ3) is 2.83. The Morgan fingerprint density at radius 1 is 1.24 bits per heavy atom. The van der Waals surface area contributed by atoms with Crippen molar-refractivity contribution in [2.75, 3.05) is 0 Å². The Bertz CT molecular complexity index is 697. The summed E-state index contributed by atoms with van der Waals surface area (Å²) < 4.78 is 19.9. The lowest BCUT2D eigenvalue weighted by Gasteiger charge is -2.16. The van der Waals surface area contributed by atoms with Crippen molar-refractivity contribution in [3.05, 3.63) is 63.4 Å². The van der Waals surface area contributed by atoms with Gasteiger partial charge in [-0.15, -0.1) is 0 Å². The second-order valence-corrected chi connectivity index (χ2v) is 6.83. The number of rotatable bonds is 2. The third-order valence-electron chi connectivity index (χ3n) is 3.66. The molecular weight excluding hydrogens is 335 g/mol. The van der Waals surface area contributed by atoms with E-state index < -0.39 is 6.10 Å². The molecule has 4 heteroatoms. The van der Waals surface area contributed by atoms with Gasteiger partial charge in [-0.3, -0.25) is 0 Å². The molecule has 1 aliphatic heterocycles. The fraction of sp³-hybridized carbons (Fsp3) is 0.294. The number of aliphatic hydroxyl groups excluding tert-OH is 1. The SMILES string of the molecule is CC1(C)Cc2cc(C(O)c3cc(F)ccc3Br)ccc2O1. The van der Waals surface area contributed by atoms with Crippen LogP contribution in [-0.4, -0.2) is 10.7 Å². The number of hydrogen-bond donors (Lipinski definition) is 1. The van der Waals surface area contributed by atoms with E-state index in [9.17, 15) is 9.50 Å². The van der Waals surface area contributed by atoms with Crippen molar-refractivity contribution >= 4 is 15.9 Å². The number of ether oxygens (including phenoxy) is 1. The summed E-state index contributed by atoms with van der Waals surface area (Å²) in [6.07, 6.45) is -0.0724. The highest BCUT2D eigenvalue weighted by Gasteiger charge is 2.30. The van der Waals surface area contributed by atoms with Gasteiger partial charge in [-0.05, 0) is 55.3 Å². The molecule has 0 saturated carbocycles. The zero-order valence-corrected chi connectivity index (χ0v) is 13.4. The van der Waals surface area contributed by atoms with E-state index in [2.05, 4.69) is 15.9 Å². The van der Waals surface area contributed by atoms with Crippen LogP contribution in [0, 0.1) is 5.82 Å². The molecule has 3 rings (SSSR count). The second-order valence-electron chi connectivity index (χ2n) is 5.97. The van der Waals surface area contributed by atoms with E-state index in [4.69, 9.17) is 4.74 Å². The van der Waals surface area contributed by atoms with Gasteiger partial charge in [-0.1, -0.05) is 22.0 Å². The molecule has 0 bridgehead atoms. The zero-order valence-electron chi connectivity index (χ0n) is 11.9. The van der Waals surface area contributed by atoms with Gasteiger partial charge < -0.3 is 9.84 Å². The summed E-state index contributed by atoms with van der Waals surface area (Å²) in [5.74, 6) is 0.493. The number of halogens is 2. The van der Waals surface area contributed by atoms with E-state index in [0.29, 0.717) is 10.0 Å². The van der Waals surface area contributed by atoms with E-state index >= 15 is 0 Å². The molecule has 2 nitrogen and oxygen atoms in total. The monoisotopic (exact) mass is 350 g/mol. The second kappa shape index (κ2) is 5.11. The average Bonchev–Trinajstić information content (AvgIpc) is 2.73. The number of aliphatic hydroxyl groups is 1. The van der Waals surface area contributed by atoms with Gasteiger partial charge in [0.25, 0.3) is 0 Å². The van der Waals surface area contributed by atoms with Crippen LogP contribution in [-0.2, 0) is 6.42 Å². The molecule has 21 heavy (non-hydrogen) atoms. The van der Waals surface area contributed by atoms with Crippen LogP contribution in [0.1, 0.15) is 36.6 Å². The van der Waals surface area contributed by atoms with Crippen molar-refractivity contribution in [2.45, 2.75) is 32.0 Å². The Labute approximate surface area is 131 Å². The molecule has 0 aromatic heterocycles. The largest absolute Gasteiger partial charge is 0.487 e. The first kappa shape index (κ1) is 14.5. The lowest BCUT2D eigenvalue weighted by atomic mass is 9.96. The lowest BCUT2D eigenvalue weighted by molar-refractivity contribution is 0.138. The predicted molar refractivity (Wildman–Crippen MR) is 83.0 cm³/mol. The summed E-state index contributed by atoms with van der Waals surface area (Å²) in [7, 11) is 0. The summed E-state index contributed by atoms with van der Waals surface area (Å²) in [6, 6.07) is 9.94. The van der Waals surface area contributed by atoms with E-state index in [-0.39, 0.29) is 11.4 Å². The number of benzene rings is 2. The fourth-order valence-corrected chi connectivity index (χ4v) is 3.17. The molecule has 1 heterocycles. The maximum atomic E-state index is 13.4. The van der Waals surface area contributed by atoms with Crippen LogP contribution in [0.15, 0.2) is 40.9 Å². The molecule has 0 amide bonds. The first-order valence-electron chi connectivity index (χ1n) is 6.80. The van der Waals surface area contributed by atoms with Gasteiger partial charge in [-0.25, -0.2) is 4.39 Å². The Morgan fingerprint density at radius 3 is 2.76 bits per heavy atom. The maximum absolute atomic E-state index is 13.4.